The monoisotopic (exact) mass is 324 g/mol. The van der Waals surface area contributed by atoms with E-state index >= 15 is 0 Å². The molecule has 2 aromatic carbocycles. The average Bonchev–Trinajstić information content (AvgIpc) is 2.60. The van der Waals surface area contributed by atoms with Crippen molar-refractivity contribution in [2.45, 2.75) is 0 Å². The number of fused-ring (bicyclic) bond motifs is 1. The summed E-state index contributed by atoms with van der Waals surface area (Å²) < 4.78 is 5.14. The van der Waals surface area contributed by atoms with Crippen molar-refractivity contribution in [2.24, 2.45) is 0 Å². The van der Waals surface area contributed by atoms with Gasteiger partial charge in [-0.05, 0) is 18.2 Å². The van der Waals surface area contributed by atoms with Crippen molar-refractivity contribution in [3.8, 4) is 17.0 Å². The van der Waals surface area contributed by atoms with Gasteiger partial charge in [-0.1, -0.05) is 12.1 Å². The second-order valence-corrected chi connectivity index (χ2v) is 5.05. The van der Waals surface area contributed by atoms with Gasteiger partial charge in [0.15, 0.2) is 0 Å². The van der Waals surface area contributed by atoms with Gasteiger partial charge in [0.2, 0.25) is 0 Å². The van der Waals surface area contributed by atoms with Crippen molar-refractivity contribution in [3.05, 3.63) is 64.2 Å². The first kappa shape index (κ1) is 15.4. The first-order chi connectivity index (χ1) is 11.5. The fourth-order valence-electron chi connectivity index (χ4n) is 2.44. The molecular weight excluding hydrogens is 312 g/mol. The van der Waals surface area contributed by atoms with Crippen LogP contribution in [0.5, 0.6) is 5.75 Å². The van der Waals surface area contributed by atoms with E-state index in [0.717, 1.165) is 0 Å². The second kappa shape index (κ2) is 5.96. The summed E-state index contributed by atoms with van der Waals surface area (Å²) in [7, 11) is 1.50. The number of hydrogen-bond donors (Lipinski definition) is 1. The minimum atomic E-state index is -1.10. The van der Waals surface area contributed by atoms with Gasteiger partial charge in [-0.25, -0.2) is 9.78 Å². The molecule has 0 saturated heterocycles. The van der Waals surface area contributed by atoms with Crippen LogP contribution < -0.4 is 4.74 Å². The van der Waals surface area contributed by atoms with E-state index in [1.54, 1.807) is 24.3 Å². The first-order valence-corrected chi connectivity index (χ1v) is 6.96. The first-order valence-electron chi connectivity index (χ1n) is 6.96. The molecule has 0 atom stereocenters. The number of pyridine rings is 1. The normalized spacial score (nSPS) is 10.5. The van der Waals surface area contributed by atoms with Crippen molar-refractivity contribution in [3.63, 3.8) is 0 Å². The Hall–Kier alpha value is -3.48. The highest BCUT2D eigenvalue weighted by molar-refractivity contribution is 6.04. The predicted octanol–water partition coefficient (Wildman–Crippen LogP) is 3.52. The summed E-state index contributed by atoms with van der Waals surface area (Å²) in [5.74, 6) is -0.554. The van der Waals surface area contributed by atoms with Crippen LogP contribution in [0.25, 0.3) is 22.2 Å². The third-order valence-electron chi connectivity index (χ3n) is 3.60. The Morgan fingerprint density at radius 1 is 1.21 bits per heavy atom. The lowest BCUT2D eigenvalue weighted by Crippen LogP contribution is -2.00. The minimum absolute atomic E-state index is 0.0733. The van der Waals surface area contributed by atoms with Gasteiger partial charge in [-0.3, -0.25) is 10.1 Å². The molecule has 1 aromatic heterocycles. The molecule has 7 heteroatoms. The number of ether oxygens (including phenoxy) is 1. The van der Waals surface area contributed by atoms with Crippen molar-refractivity contribution in [1.82, 2.24) is 4.98 Å². The fourth-order valence-corrected chi connectivity index (χ4v) is 2.44. The molecule has 0 bridgehead atoms. The summed E-state index contributed by atoms with van der Waals surface area (Å²) in [4.78, 5) is 26.4. The number of aromatic carboxylic acids is 1. The average molecular weight is 324 g/mol. The summed E-state index contributed by atoms with van der Waals surface area (Å²) in [5, 5.41) is 20.9. The van der Waals surface area contributed by atoms with Crippen molar-refractivity contribution in [1.29, 1.82) is 0 Å². The van der Waals surface area contributed by atoms with Gasteiger partial charge < -0.3 is 9.84 Å². The SMILES string of the molecule is COc1ccc2c(C(=O)O)cc(-c3cccc([N+](=O)[O-])c3)nc2c1. The van der Waals surface area contributed by atoms with E-state index in [9.17, 15) is 20.0 Å². The van der Waals surface area contributed by atoms with E-state index in [0.29, 0.717) is 27.9 Å². The summed E-state index contributed by atoms with van der Waals surface area (Å²) in [6, 6.07) is 12.2. The van der Waals surface area contributed by atoms with E-state index in [1.165, 1.54) is 31.4 Å². The number of carboxylic acids is 1. The summed E-state index contributed by atoms with van der Waals surface area (Å²) in [6.45, 7) is 0. The lowest BCUT2D eigenvalue weighted by Gasteiger charge is -2.08. The van der Waals surface area contributed by atoms with Gasteiger partial charge in [-0.2, -0.15) is 0 Å². The predicted molar refractivity (Wildman–Crippen MR) is 87.3 cm³/mol. The third-order valence-corrected chi connectivity index (χ3v) is 3.60. The Labute approximate surface area is 136 Å². The van der Waals surface area contributed by atoms with Crippen LogP contribution in [0.15, 0.2) is 48.5 Å². The lowest BCUT2D eigenvalue weighted by molar-refractivity contribution is -0.384. The number of hydrogen-bond acceptors (Lipinski definition) is 5. The molecule has 1 heterocycles. The van der Waals surface area contributed by atoms with Crippen LogP contribution in [0.3, 0.4) is 0 Å². The minimum Gasteiger partial charge on any atom is -0.497 e. The molecule has 3 aromatic rings. The molecule has 0 unspecified atom stereocenters. The molecule has 120 valence electrons. The maximum absolute atomic E-state index is 11.6. The molecule has 7 nitrogen and oxygen atoms in total. The molecule has 0 aliphatic carbocycles. The molecule has 0 aliphatic rings. The standard InChI is InChI=1S/C17H12N2O5/c1-24-12-5-6-13-14(17(20)21)9-15(18-16(13)8-12)10-3-2-4-11(7-10)19(22)23/h2-9H,1H3,(H,20,21). The van der Waals surface area contributed by atoms with E-state index in [4.69, 9.17) is 4.74 Å². The topological polar surface area (TPSA) is 103 Å². The van der Waals surface area contributed by atoms with E-state index in [1.807, 2.05) is 0 Å². The molecule has 24 heavy (non-hydrogen) atoms. The molecule has 3 rings (SSSR count). The van der Waals surface area contributed by atoms with Crippen LogP contribution in [-0.2, 0) is 0 Å². The summed E-state index contributed by atoms with van der Waals surface area (Å²) in [6.07, 6.45) is 0. The zero-order valence-electron chi connectivity index (χ0n) is 12.6. The Balaban J connectivity index is 2.26. The molecule has 0 spiro atoms. The smallest absolute Gasteiger partial charge is 0.336 e. The Kier molecular flexibility index (Phi) is 3.83. The number of aromatic nitrogens is 1. The number of rotatable bonds is 4. The summed E-state index contributed by atoms with van der Waals surface area (Å²) in [5.41, 5.74) is 1.24. The number of benzene rings is 2. The molecular formula is C17H12N2O5. The largest absolute Gasteiger partial charge is 0.497 e. The van der Waals surface area contributed by atoms with E-state index in [-0.39, 0.29) is 11.3 Å². The lowest BCUT2D eigenvalue weighted by atomic mass is 10.0. The number of carbonyl (C=O) groups is 1. The Bertz CT molecular complexity index is 968. The zero-order valence-corrected chi connectivity index (χ0v) is 12.6. The van der Waals surface area contributed by atoms with Gasteiger partial charge in [0.25, 0.3) is 5.69 Å². The molecule has 0 fully saturated rings. The van der Waals surface area contributed by atoms with Gasteiger partial charge in [0.1, 0.15) is 5.75 Å². The van der Waals surface area contributed by atoms with Crippen LogP contribution >= 0.6 is 0 Å². The van der Waals surface area contributed by atoms with Crippen molar-refractivity contribution in [2.75, 3.05) is 7.11 Å². The number of carboxylic acid groups (broad SMARTS) is 1. The van der Waals surface area contributed by atoms with Crippen molar-refractivity contribution >= 4 is 22.6 Å². The number of nitro groups is 1. The number of nitro benzene ring substituents is 1. The van der Waals surface area contributed by atoms with Gasteiger partial charge in [0.05, 0.1) is 28.8 Å². The molecule has 0 amide bonds. The number of nitrogens with zero attached hydrogens (tertiary/aromatic N) is 2. The quantitative estimate of drug-likeness (QED) is 0.582. The highest BCUT2D eigenvalue weighted by Gasteiger charge is 2.15. The second-order valence-electron chi connectivity index (χ2n) is 5.05. The fraction of sp³-hybridized carbons (Fsp3) is 0.0588. The van der Waals surface area contributed by atoms with Gasteiger partial charge in [0, 0.05) is 29.1 Å². The summed E-state index contributed by atoms with van der Waals surface area (Å²) >= 11 is 0. The van der Waals surface area contributed by atoms with Crippen LogP contribution in [0.1, 0.15) is 10.4 Å². The zero-order chi connectivity index (χ0) is 17.3. The maximum Gasteiger partial charge on any atom is 0.336 e. The number of methoxy groups -OCH3 is 1. The highest BCUT2D eigenvalue weighted by atomic mass is 16.6. The molecule has 0 saturated carbocycles. The Morgan fingerprint density at radius 2 is 2.00 bits per heavy atom. The highest BCUT2D eigenvalue weighted by Crippen LogP contribution is 2.29. The van der Waals surface area contributed by atoms with Crippen LogP contribution in [0.4, 0.5) is 5.69 Å². The van der Waals surface area contributed by atoms with Crippen molar-refractivity contribution < 1.29 is 19.6 Å². The molecule has 0 radical (unpaired) electrons. The van der Waals surface area contributed by atoms with Crippen LogP contribution in [-0.4, -0.2) is 28.1 Å². The van der Waals surface area contributed by atoms with Crippen LogP contribution in [0, 0.1) is 10.1 Å². The van der Waals surface area contributed by atoms with Crippen LogP contribution in [0.2, 0.25) is 0 Å². The third kappa shape index (κ3) is 2.74. The van der Waals surface area contributed by atoms with E-state index in [2.05, 4.69) is 4.98 Å². The van der Waals surface area contributed by atoms with Gasteiger partial charge >= 0.3 is 5.97 Å². The molecule has 0 aliphatic heterocycles. The maximum atomic E-state index is 11.6. The Morgan fingerprint density at radius 3 is 2.67 bits per heavy atom. The number of non-ortho nitro benzene ring substituents is 1. The van der Waals surface area contributed by atoms with E-state index < -0.39 is 10.9 Å². The molecule has 1 N–H and O–H groups in total. The van der Waals surface area contributed by atoms with Gasteiger partial charge in [-0.15, -0.1) is 0 Å².